The van der Waals surface area contributed by atoms with Crippen molar-refractivity contribution >= 4 is 17.5 Å². The van der Waals surface area contributed by atoms with Crippen molar-refractivity contribution in [2.75, 3.05) is 5.32 Å². The zero-order chi connectivity index (χ0) is 13.8. The molecule has 0 amide bonds. The largest absolute Gasteiger partial charge is 0.478 e. The Balaban J connectivity index is 2.10. The van der Waals surface area contributed by atoms with Gasteiger partial charge in [0.15, 0.2) is 0 Å². The first-order valence-electron chi connectivity index (χ1n) is 6.12. The maximum absolute atomic E-state index is 10.7. The highest BCUT2D eigenvalue weighted by atomic mass is 16.4. The van der Waals surface area contributed by atoms with Crippen LogP contribution in [0.25, 0.3) is 0 Å². The molecule has 19 heavy (non-hydrogen) atoms. The van der Waals surface area contributed by atoms with Gasteiger partial charge in [-0.2, -0.15) is 0 Å². The van der Waals surface area contributed by atoms with Gasteiger partial charge in [0, 0.05) is 11.9 Å². The number of nitrogens with one attached hydrogen (secondary N) is 1. The first-order valence-corrected chi connectivity index (χ1v) is 6.12. The number of pyridine rings is 1. The summed E-state index contributed by atoms with van der Waals surface area (Å²) in [6, 6.07) is 11.3. The van der Waals surface area contributed by atoms with E-state index < -0.39 is 5.97 Å². The molecule has 0 saturated heterocycles. The Hall–Kier alpha value is -2.36. The van der Waals surface area contributed by atoms with E-state index in [0.717, 1.165) is 5.69 Å². The average molecular weight is 256 g/mol. The maximum Gasteiger partial charge on any atom is 0.337 e. The van der Waals surface area contributed by atoms with Crippen LogP contribution in [-0.4, -0.2) is 16.1 Å². The summed E-state index contributed by atoms with van der Waals surface area (Å²) >= 11 is 0. The van der Waals surface area contributed by atoms with Crippen molar-refractivity contribution in [3.8, 4) is 0 Å². The molecule has 0 radical (unpaired) electrons. The van der Waals surface area contributed by atoms with E-state index in [1.807, 2.05) is 12.1 Å². The van der Waals surface area contributed by atoms with Crippen LogP contribution in [-0.2, 0) is 0 Å². The molecule has 0 unspecified atom stereocenters. The second kappa shape index (κ2) is 5.52. The molecule has 0 bridgehead atoms. The van der Waals surface area contributed by atoms with Gasteiger partial charge in [0.1, 0.15) is 5.82 Å². The fourth-order valence-electron chi connectivity index (χ4n) is 1.69. The number of benzene rings is 1. The number of aromatic carboxylic acids is 1. The van der Waals surface area contributed by atoms with Crippen LogP contribution in [0.5, 0.6) is 0 Å². The first kappa shape index (κ1) is 13.1. The van der Waals surface area contributed by atoms with Gasteiger partial charge in [-0.3, -0.25) is 0 Å². The molecule has 0 aliphatic heterocycles. The normalized spacial score (nSPS) is 10.5. The van der Waals surface area contributed by atoms with E-state index in [4.69, 9.17) is 5.11 Å². The minimum absolute atomic E-state index is 0.181. The van der Waals surface area contributed by atoms with E-state index in [9.17, 15) is 4.79 Å². The Bertz CT molecular complexity index is 560. The van der Waals surface area contributed by atoms with Crippen LogP contribution in [0.2, 0.25) is 0 Å². The molecule has 0 saturated carbocycles. The number of carboxylic acids is 1. The first-order chi connectivity index (χ1) is 9.06. The molecular weight excluding hydrogens is 240 g/mol. The third-order valence-electron chi connectivity index (χ3n) is 2.86. The molecule has 1 heterocycles. The Morgan fingerprint density at radius 2 is 1.84 bits per heavy atom. The Morgan fingerprint density at radius 3 is 2.32 bits per heavy atom. The third kappa shape index (κ3) is 3.31. The molecule has 2 rings (SSSR count). The summed E-state index contributed by atoms with van der Waals surface area (Å²) in [5.74, 6) is 0.157. The van der Waals surface area contributed by atoms with Crippen LogP contribution in [0.4, 0.5) is 11.5 Å². The highest BCUT2D eigenvalue weighted by Gasteiger charge is 2.03. The lowest BCUT2D eigenvalue weighted by Gasteiger charge is -2.08. The van der Waals surface area contributed by atoms with E-state index in [1.165, 1.54) is 17.8 Å². The van der Waals surface area contributed by atoms with E-state index in [0.29, 0.717) is 11.7 Å². The van der Waals surface area contributed by atoms with Gasteiger partial charge >= 0.3 is 5.97 Å². The number of rotatable bonds is 4. The summed E-state index contributed by atoms with van der Waals surface area (Å²) in [6.45, 7) is 4.29. The minimum atomic E-state index is -0.972. The second-order valence-electron chi connectivity index (χ2n) is 4.64. The maximum atomic E-state index is 10.7. The summed E-state index contributed by atoms with van der Waals surface area (Å²) < 4.78 is 0. The van der Waals surface area contributed by atoms with Crippen molar-refractivity contribution in [1.29, 1.82) is 0 Å². The molecule has 4 nitrogen and oxygen atoms in total. The topological polar surface area (TPSA) is 62.2 Å². The molecule has 1 aromatic heterocycles. The van der Waals surface area contributed by atoms with Crippen LogP contribution < -0.4 is 5.32 Å². The number of nitrogens with zero attached hydrogens (tertiary/aromatic N) is 1. The zero-order valence-corrected chi connectivity index (χ0v) is 10.9. The van der Waals surface area contributed by atoms with Crippen LogP contribution >= 0.6 is 0 Å². The minimum Gasteiger partial charge on any atom is -0.478 e. The molecule has 0 atom stereocenters. The van der Waals surface area contributed by atoms with E-state index in [-0.39, 0.29) is 5.56 Å². The van der Waals surface area contributed by atoms with Gasteiger partial charge in [-0.25, -0.2) is 9.78 Å². The lowest BCUT2D eigenvalue weighted by atomic mass is 10.0. The molecule has 0 aliphatic rings. The molecule has 0 spiro atoms. The number of hydrogen-bond acceptors (Lipinski definition) is 3. The molecule has 0 aliphatic carbocycles. The SMILES string of the molecule is CC(C)c1ccc(Nc2ccc(C(=O)O)cn2)cc1. The number of anilines is 2. The van der Waals surface area contributed by atoms with Crippen molar-refractivity contribution in [1.82, 2.24) is 4.98 Å². The summed E-state index contributed by atoms with van der Waals surface area (Å²) in [5, 5.41) is 11.9. The predicted octanol–water partition coefficient (Wildman–Crippen LogP) is 3.65. The predicted molar refractivity (Wildman–Crippen MR) is 75.0 cm³/mol. The number of aromatic nitrogens is 1. The van der Waals surface area contributed by atoms with Gasteiger partial charge < -0.3 is 10.4 Å². The highest BCUT2D eigenvalue weighted by molar-refractivity contribution is 5.87. The van der Waals surface area contributed by atoms with Gasteiger partial charge in [0.2, 0.25) is 0 Å². The third-order valence-corrected chi connectivity index (χ3v) is 2.86. The van der Waals surface area contributed by atoms with Crippen LogP contribution in [0.3, 0.4) is 0 Å². The number of carbonyl (C=O) groups is 1. The van der Waals surface area contributed by atoms with Crippen molar-refractivity contribution in [2.45, 2.75) is 19.8 Å². The quantitative estimate of drug-likeness (QED) is 0.876. The van der Waals surface area contributed by atoms with Crippen molar-refractivity contribution in [2.24, 2.45) is 0 Å². The smallest absolute Gasteiger partial charge is 0.337 e. The van der Waals surface area contributed by atoms with E-state index in [1.54, 1.807) is 6.07 Å². The Morgan fingerprint density at radius 1 is 1.16 bits per heavy atom. The average Bonchev–Trinajstić information content (AvgIpc) is 2.40. The molecule has 2 aromatic rings. The molecule has 98 valence electrons. The number of hydrogen-bond donors (Lipinski definition) is 2. The van der Waals surface area contributed by atoms with E-state index >= 15 is 0 Å². The molecule has 4 heteroatoms. The molecule has 1 aromatic carbocycles. The van der Waals surface area contributed by atoms with Crippen molar-refractivity contribution in [3.63, 3.8) is 0 Å². The van der Waals surface area contributed by atoms with Crippen molar-refractivity contribution in [3.05, 3.63) is 53.7 Å². The summed E-state index contributed by atoms with van der Waals surface area (Å²) in [7, 11) is 0. The van der Waals surface area contributed by atoms with Crippen LogP contribution in [0, 0.1) is 0 Å². The standard InChI is InChI=1S/C15H16N2O2/c1-10(2)11-3-6-13(7-4-11)17-14-8-5-12(9-16-14)15(18)19/h3-10H,1-2H3,(H,16,17)(H,18,19). The van der Waals surface area contributed by atoms with Gasteiger partial charge in [-0.1, -0.05) is 26.0 Å². The van der Waals surface area contributed by atoms with E-state index in [2.05, 4.69) is 36.3 Å². The van der Waals surface area contributed by atoms with Gasteiger partial charge in [0.05, 0.1) is 5.56 Å². The summed E-state index contributed by atoms with van der Waals surface area (Å²) in [6.07, 6.45) is 1.34. The van der Waals surface area contributed by atoms with Gasteiger partial charge in [-0.05, 0) is 35.7 Å². The lowest BCUT2D eigenvalue weighted by Crippen LogP contribution is -1.99. The Kier molecular flexibility index (Phi) is 3.80. The number of carboxylic acid groups (broad SMARTS) is 1. The lowest BCUT2D eigenvalue weighted by molar-refractivity contribution is 0.0696. The second-order valence-corrected chi connectivity index (χ2v) is 4.64. The summed E-state index contributed by atoms with van der Waals surface area (Å²) in [4.78, 5) is 14.8. The van der Waals surface area contributed by atoms with Crippen LogP contribution in [0.15, 0.2) is 42.6 Å². The van der Waals surface area contributed by atoms with Crippen LogP contribution in [0.1, 0.15) is 35.7 Å². The fraction of sp³-hybridized carbons (Fsp3) is 0.200. The highest BCUT2D eigenvalue weighted by Crippen LogP contribution is 2.19. The van der Waals surface area contributed by atoms with Gasteiger partial charge in [0.25, 0.3) is 0 Å². The summed E-state index contributed by atoms with van der Waals surface area (Å²) in [5.41, 5.74) is 2.39. The van der Waals surface area contributed by atoms with Crippen molar-refractivity contribution < 1.29 is 9.90 Å². The monoisotopic (exact) mass is 256 g/mol. The molecular formula is C15H16N2O2. The molecule has 2 N–H and O–H groups in total. The molecule has 0 fully saturated rings. The van der Waals surface area contributed by atoms with Gasteiger partial charge in [-0.15, -0.1) is 0 Å². The zero-order valence-electron chi connectivity index (χ0n) is 10.9. The fourth-order valence-corrected chi connectivity index (χ4v) is 1.69. The Labute approximate surface area is 112 Å².